The van der Waals surface area contributed by atoms with Crippen LogP contribution in [0.25, 0.3) is 0 Å². The number of likely N-dealkylation sites (tertiary alicyclic amines) is 1. The van der Waals surface area contributed by atoms with Crippen LogP contribution < -0.4 is 5.73 Å². The maximum Gasteiger partial charge on any atom is 0.312 e. The minimum Gasteiger partial charge on any atom is -0.481 e. The number of aliphatic carboxylic acids is 1. The molecule has 7 heteroatoms. The molecule has 20 heavy (non-hydrogen) atoms. The Kier molecular flexibility index (Phi) is 5.10. The molecule has 0 bridgehead atoms. The number of nitrogens with two attached hydrogens (primary N) is 1. The molecule has 114 valence electrons. The van der Waals surface area contributed by atoms with E-state index < -0.39 is 42.0 Å². The molecule has 1 saturated heterocycles. The van der Waals surface area contributed by atoms with E-state index in [4.69, 9.17) is 15.6 Å². The van der Waals surface area contributed by atoms with Crippen LogP contribution in [0.15, 0.2) is 0 Å². The number of carbonyl (C=O) groups is 3. The molecule has 0 spiro atoms. The average Bonchev–Trinajstić information content (AvgIpc) is 2.25. The second-order valence-electron chi connectivity index (χ2n) is 5.93. The van der Waals surface area contributed by atoms with E-state index in [1.54, 1.807) is 20.8 Å². The van der Waals surface area contributed by atoms with Crippen LogP contribution in [0.2, 0.25) is 0 Å². The van der Waals surface area contributed by atoms with Gasteiger partial charge in [-0.15, -0.1) is 0 Å². The topological polar surface area (TPSA) is 110 Å². The van der Waals surface area contributed by atoms with E-state index >= 15 is 0 Å². The van der Waals surface area contributed by atoms with Crippen LogP contribution in [0.4, 0.5) is 0 Å². The molecule has 3 N–H and O–H groups in total. The number of esters is 1. The number of nitrogens with zero attached hydrogens (tertiary/aromatic N) is 1. The summed E-state index contributed by atoms with van der Waals surface area (Å²) in [4.78, 5) is 35.7. The smallest absolute Gasteiger partial charge is 0.312 e. The fraction of sp³-hybridized carbons (Fsp3) is 0.769. The first kappa shape index (κ1) is 16.4. The zero-order valence-electron chi connectivity index (χ0n) is 12.1. The number of hydrogen-bond acceptors (Lipinski definition) is 5. The minimum atomic E-state index is -1.21. The maximum atomic E-state index is 12.1. The molecule has 0 radical (unpaired) electrons. The van der Waals surface area contributed by atoms with Crippen molar-refractivity contribution in [2.75, 3.05) is 6.54 Å². The monoisotopic (exact) mass is 286 g/mol. The molecule has 1 fully saturated rings. The van der Waals surface area contributed by atoms with Crippen LogP contribution in [-0.4, -0.2) is 46.2 Å². The second kappa shape index (κ2) is 6.21. The highest BCUT2D eigenvalue weighted by molar-refractivity contribution is 5.93. The number of carboxylic acids is 1. The van der Waals surface area contributed by atoms with Crippen LogP contribution >= 0.6 is 0 Å². The number of ether oxygens (including phenoxy) is 1. The molecular formula is C13H22N2O5. The zero-order chi connectivity index (χ0) is 15.5. The van der Waals surface area contributed by atoms with Gasteiger partial charge in [-0.05, 0) is 33.6 Å². The lowest BCUT2D eigenvalue weighted by molar-refractivity contribution is -0.165. The van der Waals surface area contributed by atoms with E-state index in [9.17, 15) is 14.4 Å². The first-order valence-corrected chi connectivity index (χ1v) is 6.61. The number of hydrogen-bond donors (Lipinski definition) is 2. The van der Waals surface area contributed by atoms with Gasteiger partial charge in [-0.3, -0.25) is 14.4 Å². The predicted octanol–water partition coefficient (Wildman–Crippen LogP) is 0.326. The summed E-state index contributed by atoms with van der Waals surface area (Å²) in [6.45, 7) is 5.64. The Bertz CT molecular complexity index is 402. The van der Waals surface area contributed by atoms with Crippen molar-refractivity contribution in [1.82, 2.24) is 4.90 Å². The molecule has 1 aliphatic heterocycles. The molecule has 1 heterocycles. The predicted molar refractivity (Wildman–Crippen MR) is 70.5 cm³/mol. The molecular weight excluding hydrogens is 264 g/mol. The number of amides is 1. The summed E-state index contributed by atoms with van der Waals surface area (Å²) in [6, 6.07) is 0. The molecule has 1 amide bonds. The van der Waals surface area contributed by atoms with Crippen molar-refractivity contribution in [2.24, 2.45) is 11.7 Å². The number of carbonyl (C=O) groups excluding carboxylic acids is 2. The van der Waals surface area contributed by atoms with Crippen molar-refractivity contribution in [3.8, 4) is 0 Å². The highest BCUT2D eigenvalue weighted by Crippen LogP contribution is 2.24. The summed E-state index contributed by atoms with van der Waals surface area (Å²) in [6.07, 6.45) is -0.310. The van der Waals surface area contributed by atoms with Gasteiger partial charge in [0, 0.05) is 6.54 Å². The van der Waals surface area contributed by atoms with Crippen molar-refractivity contribution in [2.45, 2.75) is 51.8 Å². The third-order valence-corrected chi connectivity index (χ3v) is 3.02. The van der Waals surface area contributed by atoms with Crippen molar-refractivity contribution >= 4 is 17.8 Å². The average molecular weight is 286 g/mol. The van der Waals surface area contributed by atoms with Crippen molar-refractivity contribution in [1.29, 1.82) is 0 Å². The van der Waals surface area contributed by atoms with Gasteiger partial charge in [0.25, 0.3) is 0 Å². The number of carboxylic acid groups (broad SMARTS) is 1. The third-order valence-electron chi connectivity index (χ3n) is 3.02. The van der Waals surface area contributed by atoms with Crippen molar-refractivity contribution in [3.05, 3.63) is 0 Å². The largest absolute Gasteiger partial charge is 0.481 e. The van der Waals surface area contributed by atoms with E-state index in [1.807, 2.05) is 0 Å². The van der Waals surface area contributed by atoms with E-state index in [0.717, 1.165) is 0 Å². The molecule has 1 rings (SSSR count). The Morgan fingerprint density at radius 2 is 1.95 bits per heavy atom. The van der Waals surface area contributed by atoms with Gasteiger partial charge in [-0.2, -0.15) is 0 Å². The molecule has 1 aliphatic rings. The molecule has 1 unspecified atom stereocenters. The summed E-state index contributed by atoms with van der Waals surface area (Å²) in [5.41, 5.74) is 5.31. The Balaban J connectivity index is 2.73. The first-order chi connectivity index (χ1) is 9.11. The fourth-order valence-electron chi connectivity index (χ4n) is 2.18. The summed E-state index contributed by atoms with van der Waals surface area (Å²) in [5, 5.41) is 8.65. The van der Waals surface area contributed by atoms with Gasteiger partial charge in [-0.25, -0.2) is 0 Å². The zero-order valence-corrected chi connectivity index (χ0v) is 12.1. The van der Waals surface area contributed by atoms with Crippen LogP contribution in [0, 0.1) is 5.92 Å². The lowest BCUT2D eigenvalue weighted by Crippen LogP contribution is -2.56. The van der Waals surface area contributed by atoms with Gasteiger partial charge in [-0.1, -0.05) is 0 Å². The van der Waals surface area contributed by atoms with E-state index in [1.165, 1.54) is 4.90 Å². The first-order valence-electron chi connectivity index (χ1n) is 6.61. The van der Waals surface area contributed by atoms with Gasteiger partial charge in [0.15, 0.2) is 0 Å². The third kappa shape index (κ3) is 4.48. The lowest BCUT2D eigenvalue weighted by Gasteiger charge is -2.38. The Hall–Kier alpha value is -1.63. The second-order valence-corrected chi connectivity index (χ2v) is 5.93. The quantitative estimate of drug-likeness (QED) is 0.571. The van der Waals surface area contributed by atoms with Crippen LogP contribution in [0.3, 0.4) is 0 Å². The Labute approximate surface area is 118 Å². The molecule has 0 aliphatic carbocycles. The van der Waals surface area contributed by atoms with Crippen LogP contribution in [0.1, 0.15) is 40.0 Å². The summed E-state index contributed by atoms with van der Waals surface area (Å²) >= 11 is 0. The molecule has 0 aromatic rings. The van der Waals surface area contributed by atoms with Crippen LogP contribution in [-0.2, 0) is 19.1 Å². The van der Waals surface area contributed by atoms with Gasteiger partial charge < -0.3 is 20.5 Å². The van der Waals surface area contributed by atoms with Crippen LogP contribution in [0.5, 0.6) is 0 Å². The van der Waals surface area contributed by atoms with Gasteiger partial charge in [0.1, 0.15) is 12.0 Å². The summed E-state index contributed by atoms with van der Waals surface area (Å²) in [5.74, 6) is -2.83. The molecule has 0 aromatic heterocycles. The molecule has 0 aromatic carbocycles. The normalized spacial score (nSPS) is 23.3. The molecule has 7 nitrogen and oxygen atoms in total. The Morgan fingerprint density at radius 1 is 1.35 bits per heavy atom. The highest BCUT2D eigenvalue weighted by atomic mass is 16.6. The van der Waals surface area contributed by atoms with Gasteiger partial charge in [0.05, 0.1) is 12.1 Å². The Morgan fingerprint density at radius 3 is 2.45 bits per heavy atom. The highest BCUT2D eigenvalue weighted by Gasteiger charge is 2.38. The van der Waals surface area contributed by atoms with E-state index in [2.05, 4.69) is 0 Å². The summed E-state index contributed by atoms with van der Waals surface area (Å²) in [7, 11) is 0. The maximum absolute atomic E-state index is 12.1. The molecule has 2 atom stereocenters. The fourth-order valence-corrected chi connectivity index (χ4v) is 2.18. The van der Waals surface area contributed by atoms with E-state index in [0.29, 0.717) is 19.4 Å². The number of rotatable bonds is 3. The minimum absolute atomic E-state index is 0.368. The standard InChI is InChI=1S/C13H22N2O5/c1-13(2,3)20-12(19)8-5-4-6-15(11(8)14)9(16)7-10(17)18/h8,11H,4-7,14H2,1-3H3,(H,17,18)/t8?,11-/m1/s1. The van der Waals surface area contributed by atoms with Crippen molar-refractivity contribution < 1.29 is 24.2 Å². The SMILES string of the molecule is CC(C)(C)OC(=O)C1CCCN(C(=O)CC(=O)O)[C@H]1N. The van der Waals surface area contributed by atoms with Crippen molar-refractivity contribution in [3.63, 3.8) is 0 Å². The summed E-state index contributed by atoms with van der Waals surface area (Å²) < 4.78 is 5.28. The van der Waals surface area contributed by atoms with Gasteiger partial charge >= 0.3 is 11.9 Å². The number of piperidine rings is 1. The molecule has 0 saturated carbocycles. The van der Waals surface area contributed by atoms with Gasteiger partial charge in [0.2, 0.25) is 5.91 Å². The van der Waals surface area contributed by atoms with E-state index in [-0.39, 0.29) is 0 Å². The lowest BCUT2D eigenvalue weighted by atomic mass is 9.94.